The molecule has 0 saturated carbocycles. The number of nitrogens with zero attached hydrogens (tertiary/aromatic N) is 1. The first kappa shape index (κ1) is 13.4. The van der Waals surface area contributed by atoms with Gasteiger partial charge in [-0.15, -0.1) is 0 Å². The van der Waals surface area contributed by atoms with E-state index >= 15 is 0 Å². The zero-order valence-electron chi connectivity index (χ0n) is 11.6. The molecule has 3 heteroatoms. The van der Waals surface area contributed by atoms with Gasteiger partial charge in [-0.2, -0.15) is 0 Å². The van der Waals surface area contributed by atoms with Gasteiger partial charge in [-0.25, -0.2) is 4.79 Å². The van der Waals surface area contributed by atoms with E-state index in [1.165, 1.54) is 18.2 Å². The van der Waals surface area contributed by atoms with E-state index in [0.29, 0.717) is 6.42 Å². The van der Waals surface area contributed by atoms with Crippen molar-refractivity contribution in [1.82, 2.24) is 4.90 Å². The maximum absolute atomic E-state index is 11.8. The van der Waals surface area contributed by atoms with Crippen LogP contribution in [0.3, 0.4) is 0 Å². The fraction of sp³-hybridized carbons (Fsp3) is 0.312. The summed E-state index contributed by atoms with van der Waals surface area (Å²) in [4.78, 5) is 13.9. The van der Waals surface area contributed by atoms with Crippen LogP contribution in [-0.2, 0) is 16.1 Å². The average molecular weight is 257 g/mol. The molecule has 0 aliphatic carbocycles. The number of methoxy groups -OCH3 is 1. The molecule has 1 heterocycles. The van der Waals surface area contributed by atoms with Crippen molar-refractivity contribution in [2.45, 2.75) is 26.8 Å². The number of carbonyl (C=O) groups excluding carboxylic acids is 1. The second kappa shape index (κ2) is 5.74. The van der Waals surface area contributed by atoms with Crippen molar-refractivity contribution in [2.75, 3.05) is 7.11 Å². The monoisotopic (exact) mass is 257 g/mol. The molecule has 0 fully saturated rings. The highest BCUT2D eigenvalue weighted by Gasteiger charge is 2.21. The predicted octanol–water partition coefficient (Wildman–Crippen LogP) is 3.24. The Bertz CT molecular complexity index is 529. The number of benzene rings is 1. The largest absolute Gasteiger partial charge is 0.466 e. The lowest BCUT2D eigenvalue weighted by Crippen LogP contribution is -2.23. The van der Waals surface area contributed by atoms with Crippen molar-refractivity contribution in [3.8, 4) is 0 Å². The third-order valence-electron chi connectivity index (χ3n) is 3.33. The van der Waals surface area contributed by atoms with E-state index in [0.717, 1.165) is 17.8 Å². The van der Waals surface area contributed by atoms with Gasteiger partial charge >= 0.3 is 5.97 Å². The lowest BCUT2D eigenvalue weighted by molar-refractivity contribution is -0.136. The molecule has 0 bridgehead atoms. The Morgan fingerprint density at radius 3 is 2.58 bits per heavy atom. The number of carbonyl (C=O) groups is 1. The maximum atomic E-state index is 11.8. The number of ether oxygens (including phenoxy) is 1. The Hall–Kier alpha value is -2.03. The number of allylic oxidation sites excluding steroid dienone is 2. The molecule has 0 saturated heterocycles. The van der Waals surface area contributed by atoms with E-state index in [2.05, 4.69) is 23.2 Å². The van der Waals surface area contributed by atoms with E-state index in [4.69, 9.17) is 4.74 Å². The minimum Gasteiger partial charge on any atom is -0.466 e. The number of esters is 1. The molecule has 3 nitrogen and oxygen atoms in total. The van der Waals surface area contributed by atoms with E-state index in [1.54, 1.807) is 0 Å². The number of rotatable bonds is 3. The zero-order chi connectivity index (χ0) is 13.8. The molecular weight excluding hydrogens is 238 g/mol. The summed E-state index contributed by atoms with van der Waals surface area (Å²) in [6.07, 6.45) is 2.78. The molecule has 2 rings (SSSR count). The quantitative estimate of drug-likeness (QED) is 0.778. The van der Waals surface area contributed by atoms with Crippen molar-refractivity contribution in [2.24, 2.45) is 0 Å². The van der Waals surface area contributed by atoms with Crippen LogP contribution >= 0.6 is 0 Å². The first-order valence-corrected chi connectivity index (χ1v) is 6.37. The highest BCUT2D eigenvalue weighted by atomic mass is 16.5. The lowest BCUT2D eigenvalue weighted by atomic mass is 10.0. The van der Waals surface area contributed by atoms with Gasteiger partial charge in [0.1, 0.15) is 0 Å². The van der Waals surface area contributed by atoms with Crippen LogP contribution < -0.4 is 0 Å². The first-order valence-electron chi connectivity index (χ1n) is 6.37. The molecule has 1 aromatic rings. The molecule has 0 radical (unpaired) electrons. The molecule has 1 aliphatic rings. The van der Waals surface area contributed by atoms with Gasteiger partial charge in [-0.1, -0.05) is 35.9 Å². The smallest absolute Gasteiger partial charge is 0.335 e. The highest BCUT2D eigenvalue weighted by Crippen LogP contribution is 2.27. The molecular formula is C16H19NO2. The molecule has 0 amide bonds. The molecule has 100 valence electrons. The van der Waals surface area contributed by atoms with Gasteiger partial charge in [0.05, 0.1) is 12.7 Å². The number of hydrogen-bond acceptors (Lipinski definition) is 3. The second-order valence-electron chi connectivity index (χ2n) is 4.82. The van der Waals surface area contributed by atoms with Crippen molar-refractivity contribution < 1.29 is 9.53 Å². The van der Waals surface area contributed by atoms with Crippen molar-refractivity contribution >= 4 is 5.97 Å². The zero-order valence-corrected chi connectivity index (χ0v) is 11.6. The summed E-state index contributed by atoms with van der Waals surface area (Å²) in [5, 5.41) is 0. The first-order chi connectivity index (χ1) is 9.11. The summed E-state index contributed by atoms with van der Waals surface area (Å²) in [6.45, 7) is 4.77. The Morgan fingerprint density at radius 1 is 1.26 bits per heavy atom. The molecule has 0 atom stereocenters. The molecule has 0 N–H and O–H groups in total. The summed E-state index contributed by atoms with van der Waals surface area (Å²) >= 11 is 0. The van der Waals surface area contributed by atoms with Gasteiger partial charge in [0.25, 0.3) is 0 Å². The van der Waals surface area contributed by atoms with Crippen LogP contribution in [0.4, 0.5) is 0 Å². The number of hydrogen-bond donors (Lipinski definition) is 0. The van der Waals surface area contributed by atoms with Gasteiger partial charge in [-0.05, 0) is 19.4 Å². The van der Waals surface area contributed by atoms with E-state index < -0.39 is 0 Å². The SMILES string of the molecule is COC(=O)C1=C(C)N(Cc2ccccc2)C=C(C)C1. The fourth-order valence-corrected chi connectivity index (χ4v) is 2.28. The molecule has 19 heavy (non-hydrogen) atoms. The van der Waals surface area contributed by atoms with Crippen LogP contribution in [0.2, 0.25) is 0 Å². The summed E-state index contributed by atoms with van der Waals surface area (Å²) in [7, 11) is 1.43. The summed E-state index contributed by atoms with van der Waals surface area (Å²) in [5.41, 5.74) is 4.11. The van der Waals surface area contributed by atoms with Crippen molar-refractivity contribution in [3.05, 3.63) is 58.9 Å². The fourth-order valence-electron chi connectivity index (χ4n) is 2.28. The van der Waals surface area contributed by atoms with Crippen LogP contribution in [0, 0.1) is 0 Å². The maximum Gasteiger partial charge on any atom is 0.335 e. The Labute approximate surface area is 114 Å². The summed E-state index contributed by atoms with van der Waals surface area (Å²) in [5.74, 6) is -0.233. The lowest BCUT2D eigenvalue weighted by Gasteiger charge is -2.28. The third kappa shape index (κ3) is 3.05. The normalized spacial score (nSPS) is 15.3. The van der Waals surface area contributed by atoms with Crippen molar-refractivity contribution in [3.63, 3.8) is 0 Å². The molecule has 0 aromatic heterocycles. The minimum absolute atomic E-state index is 0.233. The van der Waals surface area contributed by atoms with Gasteiger partial charge in [-0.3, -0.25) is 0 Å². The topological polar surface area (TPSA) is 29.5 Å². The van der Waals surface area contributed by atoms with E-state index in [1.807, 2.05) is 32.0 Å². The second-order valence-corrected chi connectivity index (χ2v) is 4.82. The Kier molecular flexibility index (Phi) is 4.05. The van der Waals surface area contributed by atoms with Crippen LogP contribution in [0.15, 0.2) is 53.4 Å². The minimum atomic E-state index is -0.233. The van der Waals surface area contributed by atoms with Gasteiger partial charge in [0.2, 0.25) is 0 Å². The molecule has 0 spiro atoms. The van der Waals surface area contributed by atoms with Crippen LogP contribution in [-0.4, -0.2) is 18.0 Å². The van der Waals surface area contributed by atoms with Crippen LogP contribution in [0.25, 0.3) is 0 Å². The predicted molar refractivity (Wildman–Crippen MR) is 75.1 cm³/mol. The Balaban J connectivity index is 2.25. The molecule has 1 aliphatic heterocycles. The average Bonchev–Trinajstić information content (AvgIpc) is 2.42. The van der Waals surface area contributed by atoms with Crippen molar-refractivity contribution in [1.29, 1.82) is 0 Å². The highest BCUT2D eigenvalue weighted by molar-refractivity contribution is 5.89. The van der Waals surface area contributed by atoms with Gasteiger partial charge < -0.3 is 9.64 Å². The summed E-state index contributed by atoms with van der Waals surface area (Å²) < 4.78 is 4.86. The Morgan fingerprint density at radius 2 is 1.95 bits per heavy atom. The van der Waals surface area contributed by atoms with E-state index in [-0.39, 0.29) is 5.97 Å². The van der Waals surface area contributed by atoms with Crippen LogP contribution in [0.5, 0.6) is 0 Å². The van der Waals surface area contributed by atoms with Crippen LogP contribution in [0.1, 0.15) is 25.8 Å². The van der Waals surface area contributed by atoms with Gasteiger partial charge in [0, 0.05) is 24.9 Å². The van der Waals surface area contributed by atoms with E-state index in [9.17, 15) is 4.79 Å². The summed E-state index contributed by atoms with van der Waals surface area (Å²) in [6, 6.07) is 10.2. The third-order valence-corrected chi connectivity index (χ3v) is 3.33. The molecule has 0 unspecified atom stereocenters. The molecule has 1 aromatic carbocycles. The standard InChI is InChI=1S/C16H19NO2/c1-12-9-15(16(18)19-3)13(2)17(10-12)11-14-7-5-4-6-8-14/h4-8,10H,9,11H2,1-3H3. The van der Waals surface area contributed by atoms with Gasteiger partial charge in [0.15, 0.2) is 0 Å².